The topological polar surface area (TPSA) is 57.6 Å². The first-order chi connectivity index (χ1) is 6.57. The van der Waals surface area contributed by atoms with E-state index in [4.69, 9.17) is 5.11 Å². The summed E-state index contributed by atoms with van der Waals surface area (Å²) in [5.74, 6) is -0.771. The van der Waals surface area contributed by atoms with Gasteiger partial charge in [0.2, 0.25) is 5.91 Å². The summed E-state index contributed by atoms with van der Waals surface area (Å²) in [7, 11) is 1.71. The highest BCUT2D eigenvalue weighted by Gasteiger charge is 2.06. The van der Waals surface area contributed by atoms with E-state index < -0.39 is 5.97 Å². The molecule has 0 aliphatic carbocycles. The maximum absolute atomic E-state index is 11.3. The first-order valence-electron chi connectivity index (χ1n) is 4.64. The van der Waals surface area contributed by atoms with Gasteiger partial charge in [0.15, 0.2) is 0 Å². The van der Waals surface area contributed by atoms with Crippen LogP contribution in [0.2, 0.25) is 0 Å². The zero-order chi connectivity index (χ0) is 11.0. The predicted octanol–water partition coefficient (Wildman–Crippen LogP) is 1.28. The van der Waals surface area contributed by atoms with Gasteiger partial charge in [0, 0.05) is 26.4 Å². The summed E-state index contributed by atoms with van der Waals surface area (Å²) >= 11 is 0. The van der Waals surface area contributed by atoms with Crippen molar-refractivity contribution < 1.29 is 14.7 Å². The SMILES string of the molecule is C=CCN(C)C(=O)CCCCC(=O)O. The Morgan fingerprint density at radius 3 is 2.43 bits per heavy atom. The monoisotopic (exact) mass is 199 g/mol. The summed E-state index contributed by atoms with van der Waals surface area (Å²) in [6.45, 7) is 4.07. The Bertz CT molecular complexity index is 213. The molecule has 0 saturated carbocycles. The quantitative estimate of drug-likeness (QED) is 0.496. The van der Waals surface area contributed by atoms with Gasteiger partial charge in [-0.2, -0.15) is 0 Å². The molecule has 1 amide bonds. The van der Waals surface area contributed by atoms with Crippen LogP contribution in [0.15, 0.2) is 12.7 Å². The van der Waals surface area contributed by atoms with Crippen molar-refractivity contribution in [3.8, 4) is 0 Å². The molecule has 0 aliphatic heterocycles. The molecule has 0 spiro atoms. The van der Waals surface area contributed by atoms with Crippen molar-refractivity contribution in [3.63, 3.8) is 0 Å². The molecule has 0 radical (unpaired) electrons. The molecule has 0 unspecified atom stereocenters. The highest BCUT2D eigenvalue weighted by Crippen LogP contribution is 2.02. The van der Waals surface area contributed by atoms with Crippen LogP contribution in [0.25, 0.3) is 0 Å². The minimum atomic E-state index is -0.808. The van der Waals surface area contributed by atoms with Crippen molar-refractivity contribution in [1.29, 1.82) is 0 Å². The Hall–Kier alpha value is -1.32. The van der Waals surface area contributed by atoms with E-state index in [0.29, 0.717) is 25.8 Å². The van der Waals surface area contributed by atoms with Crippen LogP contribution in [-0.4, -0.2) is 35.5 Å². The molecule has 4 heteroatoms. The number of unbranched alkanes of at least 4 members (excludes halogenated alkanes) is 1. The molecule has 1 N–H and O–H groups in total. The fourth-order valence-electron chi connectivity index (χ4n) is 1.04. The number of rotatable bonds is 7. The van der Waals surface area contributed by atoms with E-state index in [2.05, 4.69) is 6.58 Å². The number of carbonyl (C=O) groups is 2. The minimum Gasteiger partial charge on any atom is -0.481 e. The largest absolute Gasteiger partial charge is 0.481 e. The summed E-state index contributed by atoms with van der Waals surface area (Å²) in [5, 5.41) is 8.36. The Morgan fingerprint density at radius 1 is 1.36 bits per heavy atom. The molecule has 0 atom stereocenters. The number of carboxylic acid groups (broad SMARTS) is 1. The third-order valence-electron chi connectivity index (χ3n) is 1.86. The molecule has 0 aromatic heterocycles. The van der Waals surface area contributed by atoms with E-state index in [1.54, 1.807) is 18.0 Å². The second-order valence-electron chi connectivity index (χ2n) is 3.16. The lowest BCUT2D eigenvalue weighted by molar-refractivity contribution is -0.137. The van der Waals surface area contributed by atoms with Crippen LogP contribution in [-0.2, 0) is 9.59 Å². The Morgan fingerprint density at radius 2 is 1.93 bits per heavy atom. The molecule has 0 fully saturated rings. The second-order valence-corrected chi connectivity index (χ2v) is 3.16. The van der Waals surface area contributed by atoms with Crippen molar-refractivity contribution in [2.45, 2.75) is 25.7 Å². The van der Waals surface area contributed by atoms with Crippen LogP contribution in [0.5, 0.6) is 0 Å². The van der Waals surface area contributed by atoms with Gasteiger partial charge in [0.1, 0.15) is 0 Å². The molecule has 0 bridgehead atoms. The van der Waals surface area contributed by atoms with Gasteiger partial charge in [-0.15, -0.1) is 6.58 Å². The van der Waals surface area contributed by atoms with Crippen LogP contribution in [0.3, 0.4) is 0 Å². The van der Waals surface area contributed by atoms with E-state index in [1.807, 2.05) is 0 Å². The summed E-state index contributed by atoms with van der Waals surface area (Å²) in [6.07, 6.45) is 3.40. The molecular formula is C10H17NO3. The van der Waals surface area contributed by atoms with Crippen molar-refractivity contribution in [1.82, 2.24) is 4.90 Å². The van der Waals surface area contributed by atoms with Gasteiger partial charge in [-0.3, -0.25) is 9.59 Å². The van der Waals surface area contributed by atoms with E-state index in [0.717, 1.165) is 0 Å². The van der Waals surface area contributed by atoms with Crippen molar-refractivity contribution in [2.24, 2.45) is 0 Å². The Labute approximate surface area is 84.2 Å². The van der Waals surface area contributed by atoms with Crippen LogP contribution in [0, 0.1) is 0 Å². The first-order valence-corrected chi connectivity index (χ1v) is 4.64. The number of nitrogens with zero attached hydrogens (tertiary/aromatic N) is 1. The van der Waals surface area contributed by atoms with Crippen LogP contribution < -0.4 is 0 Å². The van der Waals surface area contributed by atoms with Gasteiger partial charge in [0.25, 0.3) is 0 Å². The van der Waals surface area contributed by atoms with Gasteiger partial charge in [-0.05, 0) is 12.8 Å². The van der Waals surface area contributed by atoms with Crippen LogP contribution >= 0.6 is 0 Å². The Kier molecular flexibility index (Phi) is 6.45. The van der Waals surface area contributed by atoms with E-state index in [-0.39, 0.29) is 12.3 Å². The smallest absolute Gasteiger partial charge is 0.303 e. The number of amides is 1. The normalized spacial score (nSPS) is 9.50. The highest BCUT2D eigenvalue weighted by atomic mass is 16.4. The molecule has 0 heterocycles. The van der Waals surface area contributed by atoms with E-state index in [9.17, 15) is 9.59 Å². The first kappa shape index (κ1) is 12.7. The fraction of sp³-hybridized carbons (Fsp3) is 0.600. The molecule has 80 valence electrons. The second kappa shape index (κ2) is 7.12. The molecule has 0 saturated heterocycles. The van der Waals surface area contributed by atoms with Crippen molar-refractivity contribution in [3.05, 3.63) is 12.7 Å². The fourth-order valence-corrected chi connectivity index (χ4v) is 1.04. The lowest BCUT2D eigenvalue weighted by Crippen LogP contribution is -2.26. The third kappa shape index (κ3) is 6.22. The van der Waals surface area contributed by atoms with E-state index in [1.165, 1.54) is 0 Å². The summed E-state index contributed by atoms with van der Waals surface area (Å²) in [6, 6.07) is 0. The standard InChI is InChI=1S/C10H17NO3/c1-3-8-11(2)9(12)6-4-5-7-10(13)14/h3H,1,4-8H2,2H3,(H,13,14). The van der Waals surface area contributed by atoms with Gasteiger partial charge in [-0.25, -0.2) is 0 Å². The highest BCUT2D eigenvalue weighted by molar-refractivity contribution is 5.76. The van der Waals surface area contributed by atoms with Gasteiger partial charge >= 0.3 is 5.97 Å². The van der Waals surface area contributed by atoms with Crippen LogP contribution in [0.1, 0.15) is 25.7 Å². The lowest BCUT2D eigenvalue weighted by atomic mass is 10.2. The third-order valence-corrected chi connectivity index (χ3v) is 1.86. The van der Waals surface area contributed by atoms with Gasteiger partial charge in [0.05, 0.1) is 0 Å². The maximum Gasteiger partial charge on any atom is 0.303 e. The average Bonchev–Trinajstić information content (AvgIpc) is 2.12. The van der Waals surface area contributed by atoms with Gasteiger partial charge < -0.3 is 10.0 Å². The summed E-state index contributed by atoms with van der Waals surface area (Å²) in [5.41, 5.74) is 0. The summed E-state index contributed by atoms with van der Waals surface area (Å²) < 4.78 is 0. The average molecular weight is 199 g/mol. The molecule has 0 aromatic carbocycles. The molecule has 14 heavy (non-hydrogen) atoms. The number of hydrogen-bond donors (Lipinski definition) is 1. The minimum absolute atomic E-state index is 0.0373. The molecule has 4 nitrogen and oxygen atoms in total. The van der Waals surface area contributed by atoms with Gasteiger partial charge in [-0.1, -0.05) is 6.08 Å². The zero-order valence-corrected chi connectivity index (χ0v) is 8.53. The van der Waals surface area contributed by atoms with E-state index >= 15 is 0 Å². The number of carboxylic acids is 1. The summed E-state index contributed by atoms with van der Waals surface area (Å²) in [4.78, 5) is 23.1. The number of hydrogen-bond acceptors (Lipinski definition) is 2. The Balaban J connectivity index is 3.53. The molecular weight excluding hydrogens is 182 g/mol. The molecule has 0 aromatic rings. The molecule has 0 rings (SSSR count). The molecule has 0 aliphatic rings. The zero-order valence-electron chi connectivity index (χ0n) is 8.53. The van der Waals surface area contributed by atoms with Crippen LogP contribution in [0.4, 0.5) is 0 Å². The van der Waals surface area contributed by atoms with Crippen molar-refractivity contribution >= 4 is 11.9 Å². The number of aliphatic carboxylic acids is 1. The maximum atomic E-state index is 11.3. The number of likely N-dealkylation sites (N-methyl/N-ethyl adjacent to an activating group) is 1. The van der Waals surface area contributed by atoms with Crippen molar-refractivity contribution in [2.75, 3.05) is 13.6 Å². The lowest BCUT2D eigenvalue weighted by Gasteiger charge is -2.14. The predicted molar refractivity (Wildman–Crippen MR) is 53.9 cm³/mol. The number of carbonyl (C=O) groups excluding carboxylic acids is 1.